The van der Waals surface area contributed by atoms with Crippen LogP contribution in [0.1, 0.15) is 31.7 Å². The van der Waals surface area contributed by atoms with E-state index in [0.717, 1.165) is 35.5 Å². The number of unbranched alkanes of at least 4 members (excludes halogenated alkanes) is 1. The molecule has 0 aliphatic carbocycles. The van der Waals surface area contributed by atoms with E-state index in [0.29, 0.717) is 18.3 Å². The van der Waals surface area contributed by atoms with Gasteiger partial charge in [0.2, 0.25) is 0 Å². The van der Waals surface area contributed by atoms with Crippen molar-refractivity contribution in [2.75, 3.05) is 19.0 Å². The van der Waals surface area contributed by atoms with Crippen LogP contribution in [0.4, 0.5) is 0 Å². The predicted molar refractivity (Wildman–Crippen MR) is 91.5 cm³/mol. The fourth-order valence-corrected chi connectivity index (χ4v) is 3.49. The standard InChI is InChI=1S/C18H26O4S/c1-14-5-7-17(8-6-14)23(20)13-16-11-15(2)12-18(22-16)21-10-4-3-9-19/h5-8,11,15,18-19H,3-4,9-10,12-13H2,1-2H3/t15-,18+,23?/m1/s1. The van der Waals surface area contributed by atoms with Crippen LogP contribution in [0.25, 0.3) is 0 Å². The Labute approximate surface area is 141 Å². The molecule has 1 aliphatic heterocycles. The Hall–Kier alpha value is -1.17. The minimum Gasteiger partial charge on any atom is -0.469 e. The van der Waals surface area contributed by atoms with E-state index in [-0.39, 0.29) is 12.9 Å². The van der Waals surface area contributed by atoms with E-state index in [9.17, 15) is 4.21 Å². The molecule has 3 atom stereocenters. The summed E-state index contributed by atoms with van der Waals surface area (Å²) in [4.78, 5) is 0.818. The van der Waals surface area contributed by atoms with Crippen LogP contribution in [0.3, 0.4) is 0 Å². The quantitative estimate of drug-likeness (QED) is 0.740. The Morgan fingerprint density at radius 3 is 2.74 bits per heavy atom. The van der Waals surface area contributed by atoms with Gasteiger partial charge in [-0.25, -0.2) is 0 Å². The number of hydrogen-bond donors (Lipinski definition) is 1. The molecular formula is C18H26O4S. The molecule has 1 aliphatic rings. The van der Waals surface area contributed by atoms with E-state index >= 15 is 0 Å². The van der Waals surface area contributed by atoms with Gasteiger partial charge in [0.05, 0.1) is 23.2 Å². The zero-order valence-electron chi connectivity index (χ0n) is 13.9. The van der Waals surface area contributed by atoms with Crippen molar-refractivity contribution < 1.29 is 18.8 Å². The van der Waals surface area contributed by atoms with Gasteiger partial charge in [-0.2, -0.15) is 0 Å². The topological polar surface area (TPSA) is 55.8 Å². The second-order valence-electron chi connectivity index (χ2n) is 6.00. The Kier molecular flexibility index (Phi) is 7.27. The molecule has 0 fully saturated rings. The first-order valence-corrected chi connectivity index (χ1v) is 9.45. The molecule has 0 saturated carbocycles. The molecule has 1 unspecified atom stereocenters. The van der Waals surface area contributed by atoms with Crippen molar-refractivity contribution in [1.82, 2.24) is 0 Å². The third-order valence-electron chi connectivity index (χ3n) is 3.73. The predicted octanol–water partition coefficient (Wildman–Crippen LogP) is 3.16. The van der Waals surface area contributed by atoms with Crippen LogP contribution >= 0.6 is 0 Å². The highest BCUT2D eigenvalue weighted by molar-refractivity contribution is 7.85. The first-order valence-electron chi connectivity index (χ1n) is 8.13. The van der Waals surface area contributed by atoms with Gasteiger partial charge in [-0.15, -0.1) is 0 Å². The smallest absolute Gasteiger partial charge is 0.199 e. The third-order valence-corrected chi connectivity index (χ3v) is 5.08. The van der Waals surface area contributed by atoms with E-state index in [2.05, 4.69) is 6.92 Å². The number of aliphatic hydroxyl groups is 1. The summed E-state index contributed by atoms with van der Waals surface area (Å²) in [7, 11) is -1.11. The number of benzene rings is 1. The summed E-state index contributed by atoms with van der Waals surface area (Å²) < 4.78 is 24.0. The number of aryl methyl sites for hydroxylation is 1. The number of aliphatic hydroxyl groups excluding tert-OH is 1. The van der Waals surface area contributed by atoms with Crippen LogP contribution < -0.4 is 0 Å². The first-order chi connectivity index (χ1) is 11.1. The van der Waals surface area contributed by atoms with Crippen LogP contribution in [0.5, 0.6) is 0 Å². The van der Waals surface area contributed by atoms with Gasteiger partial charge in [-0.1, -0.05) is 24.6 Å². The molecule has 1 aromatic rings. The van der Waals surface area contributed by atoms with Gasteiger partial charge in [0.15, 0.2) is 6.29 Å². The molecule has 0 amide bonds. The molecule has 0 radical (unpaired) electrons. The van der Waals surface area contributed by atoms with Gasteiger partial charge in [-0.05, 0) is 43.9 Å². The number of ether oxygens (including phenoxy) is 2. The second kappa shape index (κ2) is 9.21. The summed E-state index contributed by atoms with van der Waals surface area (Å²) >= 11 is 0. The van der Waals surface area contributed by atoms with Crippen molar-refractivity contribution in [1.29, 1.82) is 0 Å². The molecular weight excluding hydrogens is 312 g/mol. The summed E-state index contributed by atoms with van der Waals surface area (Å²) in [5.41, 5.74) is 1.16. The lowest BCUT2D eigenvalue weighted by atomic mass is 10.0. The minimum absolute atomic E-state index is 0.186. The van der Waals surface area contributed by atoms with E-state index in [1.54, 1.807) is 0 Å². The SMILES string of the molecule is Cc1ccc(S(=O)CC2=C[C@@H](C)C[C@@H](OCCCCO)O2)cc1. The monoisotopic (exact) mass is 338 g/mol. The van der Waals surface area contributed by atoms with Crippen LogP contribution in [-0.4, -0.2) is 34.6 Å². The van der Waals surface area contributed by atoms with Crippen LogP contribution in [0.2, 0.25) is 0 Å². The van der Waals surface area contributed by atoms with Crippen molar-refractivity contribution in [3.05, 3.63) is 41.7 Å². The van der Waals surface area contributed by atoms with Gasteiger partial charge >= 0.3 is 0 Å². The molecule has 1 N–H and O–H groups in total. The number of hydrogen-bond acceptors (Lipinski definition) is 4. The molecule has 0 aromatic heterocycles. The van der Waals surface area contributed by atoms with Crippen LogP contribution in [0, 0.1) is 12.8 Å². The fraction of sp³-hybridized carbons (Fsp3) is 0.556. The minimum atomic E-state index is -1.11. The van der Waals surface area contributed by atoms with Crippen LogP contribution in [-0.2, 0) is 20.3 Å². The van der Waals surface area contributed by atoms with E-state index in [1.807, 2.05) is 37.3 Å². The molecule has 5 heteroatoms. The molecule has 128 valence electrons. The molecule has 0 saturated heterocycles. The normalized spacial score (nSPS) is 22.3. The molecule has 0 bridgehead atoms. The van der Waals surface area contributed by atoms with Gasteiger partial charge in [0.1, 0.15) is 5.76 Å². The summed E-state index contributed by atoms with van der Waals surface area (Å²) in [5.74, 6) is 1.47. The van der Waals surface area contributed by atoms with E-state index in [1.165, 1.54) is 0 Å². The molecule has 23 heavy (non-hydrogen) atoms. The van der Waals surface area contributed by atoms with Gasteiger partial charge in [0, 0.05) is 17.9 Å². The first kappa shape index (κ1) is 18.2. The Morgan fingerprint density at radius 2 is 2.04 bits per heavy atom. The Morgan fingerprint density at radius 1 is 1.30 bits per heavy atom. The molecule has 1 heterocycles. The highest BCUT2D eigenvalue weighted by Gasteiger charge is 2.23. The molecule has 1 aromatic carbocycles. The van der Waals surface area contributed by atoms with Gasteiger partial charge in [-0.3, -0.25) is 4.21 Å². The largest absolute Gasteiger partial charge is 0.469 e. The van der Waals surface area contributed by atoms with E-state index < -0.39 is 10.8 Å². The number of rotatable bonds is 8. The summed E-state index contributed by atoms with van der Waals surface area (Å²) in [6, 6.07) is 7.75. The van der Waals surface area contributed by atoms with Crippen molar-refractivity contribution in [2.45, 2.75) is 44.3 Å². The molecule has 4 nitrogen and oxygen atoms in total. The second-order valence-corrected chi connectivity index (χ2v) is 7.45. The van der Waals surface area contributed by atoms with Crippen LogP contribution in [0.15, 0.2) is 41.0 Å². The van der Waals surface area contributed by atoms with Gasteiger partial charge in [0.25, 0.3) is 0 Å². The van der Waals surface area contributed by atoms with Crippen molar-refractivity contribution >= 4 is 10.8 Å². The van der Waals surface area contributed by atoms with Crippen molar-refractivity contribution in [2.24, 2.45) is 5.92 Å². The maximum Gasteiger partial charge on any atom is 0.199 e. The van der Waals surface area contributed by atoms with Gasteiger partial charge < -0.3 is 14.6 Å². The third kappa shape index (κ3) is 6.09. The molecule has 0 spiro atoms. The summed E-state index contributed by atoms with van der Waals surface area (Å²) in [6.07, 6.45) is 4.12. The number of allylic oxidation sites excluding steroid dienone is 1. The van der Waals surface area contributed by atoms with Crippen molar-refractivity contribution in [3.8, 4) is 0 Å². The molecule has 2 rings (SSSR count). The fourth-order valence-electron chi connectivity index (χ4n) is 2.46. The Bertz CT molecular complexity index is 538. The lowest BCUT2D eigenvalue weighted by molar-refractivity contribution is -0.132. The zero-order chi connectivity index (χ0) is 16.7. The maximum absolute atomic E-state index is 12.5. The maximum atomic E-state index is 12.5. The Balaban J connectivity index is 1.88. The van der Waals surface area contributed by atoms with Crippen molar-refractivity contribution in [3.63, 3.8) is 0 Å². The average Bonchev–Trinajstić information content (AvgIpc) is 2.51. The highest BCUT2D eigenvalue weighted by Crippen LogP contribution is 2.24. The lowest BCUT2D eigenvalue weighted by Crippen LogP contribution is -2.26. The summed E-state index contributed by atoms with van der Waals surface area (Å²) in [5, 5.41) is 8.78. The summed E-state index contributed by atoms with van der Waals surface area (Å²) in [6.45, 7) is 4.89. The highest BCUT2D eigenvalue weighted by atomic mass is 32.2. The average molecular weight is 338 g/mol. The lowest BCUT2D eigenvalue weighted by Gasteiger charge is -2.28. The zero-order valence-corrected chi connectivity index (χ0v) is 14.7. The van der Waals surface area contributed by atoms with E-state index in [4.69, 9.17) is 14.6 Å².